The number of carbonyl (C=O) groups excluding carboxylic acids is 2. The molecule has 0 aliphatic rings. The maximum Gasteiger partial charge on any atom is 0.291 e. The van der Waals surface area contributed by atoms with Crippen LogP contribution < -0.4 is 10.5 Å². The first-order valence-electron chi connectivity index (χ1n) is 4.25. The van der Waals surface area contributed by atoms with E-state index in [1.165, 1.54) is 24.3 Å². The zero-order valence-electron chi connectivity index (χ0n) is 8.43. The van der Waals surface area contributed by atoms with Crippen molar-refractivity contribution in [3.05, 3.63) is 24.3 Å². The number of nitrogens with two attached hydrogens (primary N) is 1. The highest BCUT2D eigenvalue weighted by atomic mass is 32.2. The molecule has 0 heterocycles. The lowest BCUT2D eigenvalue weighted by atomic mass is 10.3. The minimum absolute atomic E-state index is 0.0617. The summed E-state index contributed by atoms with van der Waals surface area (Å²) < 4.78 is 21.8. The summed E-state index contributed by atoms with van der Waals surface area (Å²) in [6.45, 7) is 1.13. The van der Waals surface area contributed by atoms with E-state index in [-0.39, 0.29) is 4.90 Å². The molecular formula is C9H10N2O4S. The van der Waals surface area contributed by atoms with Gasteiger partial charge in [-0.25, -0.2) is 13.6 Å². The normalized spacial score (nSPS) is 10.9. The average molecular weight is 242 g/mol. The van der Waals surface area contributed by atoms with E-state index in [0.29, 0.717) is 5.69 Å². The zero-order valence-corrected chi connectivity index (χ0v) is 9.24. The first kappa shape index (κ1) is 12.3. The van der Waals surface area contributed by atoms with Crippen molar-refractivity contribution in [1.29, 1.82) is 0 Å². The minimum Gasteiger partial charge on any atom is -0.319 e. The number of primary sulfonamides is 1. The molecule has 7 heteroatoms. The molecule has 0 atom stereocenters. The Hall–Kier alpha value is -1.73. The van der Waals surface area contributed by atoms with Crippen molar-refractivity contribution in [2.24, 2.45) is 5.14 Å². The summed E-state index contributed by atoms with van der Waals surface area (Å²) in [5.41, 5.74) is 0.326. The van der Waals surface area contributed by atoms with Crippen LogP contribution in [0.1, 0.15) is 6.92 Å². The largest absolute Gasteiger partial charge is 0.319 e. The quantitative estimate of drug-likeness (QED) is 0.719. The summed E-state index contributed by atoms with van der Waals surface area (Å²) >= 11 is 0. The van der Waals surface area contributed by atoms with Gasteiger partial charge in [0, 0.05) is 12.6 Å². The van der Waals surface area contributed by atoms with Crippen LogP contribution in [0.2, 0.25) is 0 Å². The molecule has 0 unspecified atom stereocenters. The van der Waals surface area contributed by atoms with E-state index in [1.807, 2.05) is 0 Å². The number of ketones is 1. The Balaban J connectivity index is 2.88. The van der Waals surface area contributed by atoms with Crippen LogP contribution in [0.4, 0.5) is 5.69 Å². The first-order chi connectivity index (χ1) is 7.30. The zero-order chi connectivity index (χ0) is 12.3. The molecule has 1 rings (SSSR count). The van der Waals surface area contributed by atoms with E-state index < -0.39 is 21.7 Å². The number of Topliss-reactive ketones (excluding diaryl/α,β-unsaturated/α-hetero) is 1. The molecule has 0 spiro atoms. The molecule has 0 aliphatic carbocycles. The van der Waals surface area contributed by atoms with Crippen molar-refractivity contribution in [3.63, 3.8) is 0 Å². The number of carbonyl (C=O) groups is 2. The number of nitrogens with one attached hydrogen (secondary N) is 1. The monoisotopic (exact) mass is 242 g/mol. The second-order valence-electron chi connectivity index (χ2n) is 3.08. The van der Waals surface area contributed by atoms with Gasteiger partial charge in [-0.1, -0.05) is 0 Å². The molecule has 0 radical (unpaired) electrons. The Kier molecular flexibility index (Phi) is 3.41. The number of hydrogen-bond donors (Lipinski definition) is 2. The molecule has 1 aromatic carbocycles. The van der Waals surface area contributed by atoms with Crippen LogP contribution in [0, 0.1) is 0 Å². The van der Waals surface area contributed by atoms with E-state index >= 15 is 0 Å². The Morgan fingerprint density at radius 3 is 2.06 bits per heavy atom. The molecule has 1 amide bonds. The van der Waals surface area contributed by atoms with E-state index in [0.717, 1.165) is 6.92 Å². The molecule has 1 aromatic rings. The highest BCUT2D eigenvalue weighted by Crippen LogP contribution is 2.12. The molecule has 0 saturated carbocycles. The van der Waals surface area contributed by atoms with Crippen molar-refractivity contribution in [2.45, 2.75) is 11.8 Å². The van der Waals surface area contributed by atoms with Crippen molar-refractivity contribution in [1.82, 2.24) is 0 Å². The fourth-order valence-electron chi connectivity index (χ4n) is 0.947. The lowest BCUT2D eigenvalue weighted by Crippen LogP contribution is -2.19. The van der Waals surface area contributed by atoms with Crippen molar-refractivity contribution < 1.29 is 18.0 Å². The molecule has 0 aromatic heterocycles. The summed E-state index contributed by atoms with van der Waals surface area (Å²) in [5.74, 6) is -1.39. The van der Waals surface area contributed by atoms with Gasteiger partial charge in [0.25, 0.3) is 5.91 Å². The lowest BCUT2D eigenvalue weighted by Gasteiger charge is -2.03. The highest BCUT2D eigenvalue weighted by molar-refractivity contribution is 7.89. The van der Waals surface area contributed by atoms with Crippen molar-refractivity contribution in [2.75, 3.05) is 5.32 Å². The molecule has 86 valence electrons. The van der Waals surface area contributed by atoms with Crippen LogP contribution in [0.15, 0.2) is 29.2 Å². The molecule has 3 N–H and O–H groups in total. The minimum atomic E-state index is -3.74. The standard InChI is InChI=1S/C9H10N2O4S/c1-6(12)9(13)11-7-2-4-8(5-3-7)16(10,14)15/h2-5H,1H3,(H,11,13)(H2,10,14,15). The van der Waals surface area contributed by atoms with Gasteiger partial charge < -0.3 is 5.32 Å². The number of sulfonamides is 1. The van der Waals surface area contributed by atoms with Crippen molar-refractivity contribution in [3.8, 4) is 0 Å². The summed E-state index contributed by atoms with van der Waals surface area (Å²) in [5, 5.41) is 7.18. The predicted molar refractivity (Wildman–Crippen MR) is 57.1 cm³/mol. The molecule has 6 nitrogen and oxygen atoms in total. The average Bonchev–Trinajstić information content (AvgIpc) is 2.17. The first-order valence-corrected chi connectivity index (χ1v) is 5.80. The fourth-order valence-corrected chi connectivity index (χ4v) is 1.46. The lowest BCUT2D eigenvalue weighted by molar-refractivity contribution is -0.133. The van der Waals surface area contributed by atoms with Gasteiger partial charge in [0.1, 0.15) is 0 Å². The van der Waals surface area contributed by atoms with Crippen LogP contribution in [0.3, 0.4) is 0 Å². The Morgan fingerprint density at radius 1 is 1.19 bits per heavy atom. The molecule has 16 heavy (non-hydrogen) atoms. The third-order valence-electron chi connectivity index (χ3n) is 1.76. The van der Waals surface area contributed by atoms with E-state index in [1.54, 1.807) is 0 Å². The molecule has 0 aliphatic heterocycles. The maximum absolute atomic E-state index is 11.0. The van der Waals surface area contributed by atoms with E-state index in [4.69, 9.17) is 5.14 Å². The number of rotatable bonds is 3. The van der Waals surface area contributed by atoms with E-state index in [9.17, 15) is 18.0 Å². The number of amides is 1. The van der Waals surface area contributed by atoms with Gasteiger partial charge in [-0.2, -0.15) is 0 Å². The summed E-state index contributed by atoms with van der Waals surface area (Å²) in [7, 11) is -3.74. The van der Waals surface area contributed by atoms with Crippen LogP contribution in [-0.4, -0.2) is 20.1 Å². The molecule has 0 fully saturated rings. The summed E-state index contributed by atoms with van der Waals surface area (Å²) in [6.07, 6.45) is 0. The predicted octanol–water partition coefficient (Wildman–Crippen LogP) is -0.138. The Morgan fingerprint density at radius 2 is 1.69 bits per heavy atom. The van der Waals surface area contributed by atoms with Gasteiger partial charge in [-0.15, -0.1) is 0 Å². The summed E-state index contributed by atoms with van der Waals surface area (Å²) in [6, 6.07) is 5.18. The van der Waals surface area contributed by atoms with Gasteiger partial charge >= 0.3 is 0 Å². The SMILES string of the molecule is CC(=O)C(=O)Nc1ccc(S(N)(=O)=O)cc1. The van der Waals surface area contributed by atoms with Crippen LogP contribution in [-0.2, 0) is 19.6 Å². The second kappa shape index (κ2) is 4.42. The molecule has 0 saturated heterocycles. The third kappa shape index (κ3) is 3.14. The third-order valence-corrected chi connectivity index (χ3v) is 2.69. The number of hydrogen-bond acceptors (Lipinski definition) is 4. The topological polar surface area (TPSA) is 106 Å². The van der Waals surface area contributed by atoms with Gasteiger partial charge in [-0.3, -0.25) is 9.59 Å². The van der Waals surface area contributed by atoms with Gasteiger partial charge in [-0.05, 0) is 24.3 Å². The Labute approximate surface area is 92.5 Å². The van der Waals surface area contributed by atoms with Crippen molar-refractivity contribution >= 4 is 27.4 Å². The van der Waals surface area contributed by atoms with Gasteiger partial charge in [0.15, 0.2) is 0 Å². The second-order valence-corrected chi connectivity index (χ2v) is 4.64. The smallest absolute Gasteiger partial charge is 0.291 e. The number of anilines is 1. The van der Waals surface area contributed by atoms with Gasteiger partial charge in [0.2, 0.25) is 15.8 Å². The van der Waals surface area contributed by atoms with Crippen LogP contribution >= 0.6 is 0 Å². The van der Waals surface area contributed by atoms with E-state index in [2.05, 4.69) is 5.32 Å². The molecule has 0 bridgehead atoms. The number of benzene rings is 1. The Bertz CT molecular complexity index is 519. The summed E-state index contributed by atoms with van der Waals surface area (Å²) in [4.78, 5) is 21.6. The van der Waals surface area contributed by atoms with Crippen LogP contribution in [0.5, 0.6) is 0 Å². The fraction of sp³-hybridized carbons (Fsp3) is 0.111. The van der Waals surface area contributed by atoms with Crippen LogP contribution in [0.25, 0.3) is 0 Å². The van der Waals surface area contributed by atoms with Gasteiger partial charge in [0.05, 0.1) is 4.90 Å². The highest BCUT2D eigenvalue weighted by Gasteiger charge is 2.09. The molecular weight excluding hydrogens is 232 g/mol. The maximum atomic E-state index is 11.0.